The lowest BCUT2D eigenvalue weighted by molar-refractivity contribution is 0.284. The Balaban J connectivity index is 2.16. The fraction of sp³-hybridized carbons (Fsp3) is 0.250. The van der Waals surface area contributed by atoms with Crippen LogP contribution in [-0.4, -0.2) is 14.2 Å². The number of hydrogen-bond acceptors (Lipinski definition) is 3. The molecule has 4 heteroatoms. The molecule has 2 aromatic rings. The van der Waals surface area contributed by atoms with E-state index in [0.717, 1.165) is 33.6 Å². The lowest BCUT2D eigenvalue weighted by atomic mass is 10.2. The third-order valence-electron chi connectivity index (χ3n) is 2.94. The number of halogens is 1. The molecule has 1 N–H and O–H groups in total. The summed E-state index contributed by atoms with van der Waals surface area (Å²) in [4.78, 5) is 0. The van der Waals surface area contributed by atoms with Gasteiger partial charge in [-0.1, -0.05) is 46.3 Å². The molecule has 0 aliphatic rings. The standard InChI is InChI=1S/C16H18BrNO2/c1-18-10-13-8-15(19-2)16(9-14(13)17)20-11-12-6-4-3-5-7-12/h3-9,18H,10-11H2,1-2H3. The minimum atomic E-state index is 0.523. The van der Waals surface area contributed by atoms with Crippen molar-refractivity contribution in [1.29, 1.82) is 0 Å². The van der Waals surface area contributed by atoms with Gasteiger partial charge in [-0.25, -0.2) is 0 Å². The Morgan fingerprint density at radius 1 is 1.10 bits per heavy atom. The lowest BCUT2D eigenvalue weighted by Gasteiger charge is -2.14. The predicted molar refractivity (Wildman–Crippen MR) is 84.2 cm³/mol. The first-order valence-electron chi connectivity index (χ1n) is 6.42. The van der Waals surface area contributed by atoms with Crippen molar-refractivity contribution in [1.82, 2.24) is 5.32 Å². The zero-order valence-electron chi connectivity index (χ0n) is 11.7. The average molecular weight is 336 g/mol. The summed E-state index contributed by atoms with van der Waals surface area (Å²) >= 11 is 3.56. The second kappa shape index (κ2) is 7.31. The third kappa shape index (κ3) is 3.74. The molecule has 0 atom stereocenters. The summed E-state index contributed by atoms with van der Waals surface area (Å²) in [6.07, 6.45) is 0. The minimum Gasteiger partial charge on any atom is -0.493 e. The highest BCUT2D eigenvalue weighted by Gasteiger charge is 2.10. The largest absolute Gasteiger partial charge is 0.493 e. The Morgan fingerprint density at radius 2 is 1.85 bits per heavy atom. The van der Waals surface area contributed by atoms with Gasteiger partial charge in [-0.2, -0.15) is 0 Å². The summed E-state index contributed by atoms with van der Waals surface area (Å²) < 4.78 is 12.3. The maximum absolute atomic E-state index is 5.85. The topological polar surface area (TPSA) is 30.5 Å². The van der Waals surface area contributed by atoms with Crippen molar-refractivity contribution in [3.63, 3.8) is 0 Å². The Kier molecular flexibility index (Phi) is 5.44. The molecule has 2 rings (SSSR count). The van der Waals surface area contributed by atoms with Crippen LogP contribution in [0, 0.1) is 0 Å². The van der Waals surface area contributed by atoms with Crippen molar-refractivity contribution < 1.29 is 9.47 Å². The van der Waals surface area contributed by atoms with Crippen molar-refractivity contribution in [2.45, 2.75) is 13.2 Å². The molecule has 0 bridgehead atoms. The van der Waals surface area contributed by atoms with Crippen LogP contribution in [0.15, 0.2) is 46.9 Å². The molecule has 0 heterocycles. The van der Waals surface area contributed by atoms with Crippen LogP contribution in [0.3, 0.4) is 0 Å². The van der Waals surface area contributed by atoms with E-state index in [1.165, 1.54) is 0 Å². The zero-order chi connectivity index (χ0) is 14.4. The van der Waals surface area contributed by atoms with E-state index >= 15 is 0 Å². The monoisotopic (exact) mass is 335 g/mol. The molecule has 0 aromatic heterocycles. The molecule has 0 spiro atoms. The van der Waals surface area contributed by atoms with Crippen molar-refractivity contribution in [3.8, 4) is 11.5 Å². The number of methoxy groups -OCH3 is 1. The zero-order valence-corrected chi connectivity index (χ0v) is 13.2. The first-order chi connectivity index (χ1) is 9.74. The van der Waals surface area contributed by atoms with Crippen LogP contribution in [0.25, 0.3) is 0 Å². The van der Waals surface area contributed by atoms with Crippen molar-refractivity contribution in [3.05, 3.63) is 58.1 Å². The van der Waals surface area contributed by atoms with Crippen LogP contribution in [-0.2, 0) is 13.2 Å². The molecular formula is C16H18BrNO2. The second-order valence-electron chi connectivity index (χ2n) is 4.40. The van der Waals surface area contributed by atoms with E-state index < -0.39 is 0 Å². The van der Waals surface area contributed by atoms with E-state index in [1.54, 1.807) is 7.11 Å². The Bertz CT molecular complexity index is 558. The van der Waals surface area contributed by atoms with E-state index in [-0.39, 0.29) is 0 Å². The quantitative estimate of drug-likeness (QED) is 0.871. The number of nitrogens with one attached hydrogen (secondary N) is 1. The van der Waals surface area contributed by atoms with E-state index in [2.05, 4.69) is 21.2 Å². The number of ether oxygens (including phenoxy) is 2. The van der Waals surface area contributed by atoms with Crippen LogP contribution in [0.5, 0.6) is 11.5 Å². The summed E-state index contributed by atoms with van der Waals surface area (Å²) in [6, 6.07) is 14.0. The Labute approximate surface area is 128 Å². The Morgan fingerprint density at radius 3 is 2.50 bits per heavy atom. The summed E-state index contributed by atoms with van der Waals surface area (Å²) in [5, 5.41) is 3.13. The average Bonchev–Trinajstić information content (AvgIpc) is 2.48. The minimum absolute atomic E-state index is 0.523. The highest BCUT2D eigenvalue weighted by molar-refractivity contribution is 9.10. The molecule has 3 nitrogen and oxygen atoms in total. The third-order valence-corrected chi connectivity index (χ3v) is 3.68. The molecule has 106 valence electrons. The highest BCUT2D eigenvalue weighted by atomic mass is 79.9. The van der Waals surface area contributed by atoms with Gasteiger partial charge in [0.25, 0.3) is 0 Å². The van der Waals surface area contributed by atoms with Gasteiger partial charge in [0.15, 0.2) is 11.5 Å². The molecule has 0 saturated heterocycles. The van der Waals surface area contributed by atoms with Crippen molar-refractivity contribution in [2.24, 2.45) is 0 Å². The van der Waals surface area contributed by atoms with Gasteiger partial charge in [0.05, 0.1) is 7.11 Å². The molecule has 2 aromatic carbocycles. The summed E-state index contributed by atoms with van der Waals surface area (Å²) in [5.74, 6) is 1.48. The van der Waals surface area contributed by atoms with Gasteiger partial charge in [-0.3, -0.25) is 0 Å². The molecule has 20 heavy (non-hydrogen) atoms. The molecule has 0 aliphatic heterocycles. The molecule has 0 amide bonds. The summed E-state index contributed by atoms with van der Waals surface area (Å²) in [5.41, 5.74) is 2.27. The second-order valence-corrected chi connectivity index (χ2v) is 5.25. The van der Waals surface area contributed by atoms with Gasteiger partial charge in [0.2, 0.25) is 0 Å². The van der Waals surface area contributed by atoms with Crippen LogP contribution in [0.2, 0.25) is 0 Å². The van der Waals surface area contributed by atoms with Gasteiger partial charge in [0.1, 0.15) is 6.61 Å². The maximum Gasteiger partial charge on any atom is 0.162 e. The molecule has 0 unspecified atom stereocenters. The van der Waals surface area contributed by atoms with Crippen LogP contribution in [0.1, 0.15) is 11.1 Å². The fourth-order valence-electron chi connectivity index (χ4n) is 1.91. The number of benzene rings is 2. The first-order valence-corrected chi connectivity index (χ1v) is 7.21. The molecule has 0 radical (unpaired) electrons. The van der Waals surface area contributed by atoms with Crippen molar-refractivity contribution in [2.75, 3.05) is 14.2 Å². The molecule has 0 fully saturated rings. The normalized spacial score (nSPS) is 10.3. The van der Waals surface area contributed by atoms with E-state index in [1.807, 2.05) is 49.5 Å². The number of hydrogen-bond donors (Lipinski definition) is 1. The highest BCUT2D eigenvalue weighted by Crippen LogP contribution is 2.34. The smallest absolute Gasteiger partial charge is 0.162 e. The fourth-order valence-corrected chi connectivity index (χ4v) is 2.37. The van der Waals surface area contributed by atoms with Crippen molar-refractivity contribution >= 4 is 15.9 Å². The lowest BCUT2D eigenvalue weighted by Crippen LogP contribution is -2.06. The SMILES string of the molecule is CNCc1cc(OC)c(OCc2ccccc2)cc1Br. The van der Waals surface area contributed by atoms with Crippen LogP contribution >= 0.6 is 15.9 Å². The predicted octanol–water partition coefficient (Wildman–Crippen LogP) is 3.76. The van der Waals surface area contributed by atoms with E-state index in [0.29, 0.717) is 6.61 Å². The molecule has 0 aliphatic carbocycles. The summed E-state index contributed by atoms with van der Waals surface area (Å²) in [6.45, 7) is 1.30. The van der Waals surface area contributed by atoms with Gasteiger partial charge >= 0.3 is 0 Å². The Hall–Kier alpha value is -1.52. The van der Waals surface area contributed by atoms with Crippen LogP contribution in [0.4, 0.5) is 0 Å². The van der Waals surface area contributed by atoms with Gasteiger partial charge in [-0.15, -0.1) is 0 Å². The van der Waals surface area contributed by atoms with Crippen LogP contribution < -0.4 is 14.8 Å². The van der Waals surface area contributed by atoms with E-state index in [4.69, 9.17) is 9.47 Å². The van der Waals surface area contributed by atoms with Gasteiger partial charge in [0, 0.05) is 11.0 Å². The number of rotatable bonds is 6. The summed E-state index contributed by atoms with van der Waals surface area (Å²) in [7, 11) is 3.57. The van der Waals surface area contributed by atoms with Gasteiger partial charge < -0.3 is 14.8 Å². The molecule has 0 saturated carbocycles. The van der Waals surface area contributed by atoms with Gasteiger partial charge in [-0.05, 0) is 30.3 Å². The molecular weight excluding hydrogens is 318 g/mol. The van der Waals surface area contributed by atoms with E-state index in [9.17, 15) is 0 Å². The maximum atomic E-state index is 5.85. The first kappa shape index (κ1) is 14.9.